The highest BCUT2D eigenvalue weighted by molar-refractivity contribution is 5.57. The van der Waals surface area contributed by atoms with Crippen LogP contribution in [0.1, 0.15) is 5.56 Å². The van der Waals surface area contributed by atoms with Crippen molar-refractivity contribution in [2.75, 3.05) is 52.5 Å². The standard InChI is InChI=1S/C14H24N2O3/c1-17-8-6-16(7-9-18-2)14-10-13(19-3)5-4-12(14)11-15/h4-5,10H,6-9,11,15H2,1-3H3. The molecule has 0 spiro atoms. The lowest BCUT2D eigenvalue weighted by Crippen LogP contribution is -2.31. The molecular formula is C14H24N2O3. The van der Waals surface area contributed by atoms with Crippen LogP contribution in [-0.2, 0) is 16.0 Å². The first-order valence-electron chi connectivity index (χ1n) is 6.36. The van der Waals surface area contributed by atoms with Crippen molar-refractivity contribution < 1.29 is 14.2 Å². The second-order valence-corrected chi connectivity index (χ2v) is 4.17. The highest BCUT2D eigenvalue weighted by Crippen LogP contribution is 2.25. The molecule has 108 valence electrons. The van der Waals surface area contributed by atoms with Crippen LogP contribution < -0.4 is 15.4 Å². The predicted octanol–water partition coefficient (Wildman–Crippen LogP) is 1.25. The molecule has 5 heteroatoms. The summed E-state index contributed by atoms with van der Waals surface area (Å²) >= 11 is 0. The van der Waals surface area contributed by atoms with Gasteiger partial charge in [-0.25, -0.2) is 0 Å². The Morgan fingerprint density at radius 1 is 1.05 bits per heavy atom. The molecule has 0 fully saturated rings. The molecule has 0 aliphatic carbocycles. The zero-order valence-electron chi connectivity index (χ0n) is 12.0. The van der Waals surface area contributed by atoms with E-state index in [-0.39, 0.29) is 0 Å². The Morgan fingerprint density at radius 3 is 2.16 bits per heavy atom. The Kier molecular flexibility index (Phi) is 7.25. The summed E-state index contributed by atoms with van der Waals surface area (Å²) in [7, 11) is 5.06. The van der Waals surface area contributed by atoms with Gasteiger partial charge < -0.3 is 24.8 Å². The topological polar surface area (TPSA) is 57.0 Å². The van der Waals surface area contributed by atoms with Crippen molar-refractivity contribution in [1.82, 2.24) is 0 Å². The van der Waals surface area contributed by atoms with Crippen molar-refractivity contribution in [3.63, 3.8) is 0 Å². The highest BCUT2D eigenvalue weighted by atomic mass is 16.5. The summed E-state index contributed by atoms with van der Waals surface area (Å²) in [5.41, 5.74) is 7.98. The number of benzene rings is 1. The van der Waals surface area contributed by atoms with Gasteiger partial charge in [0.2, 0.25) is 0 Å². The molecule has 0 aliphatic rings. The third kappa shape index (κ3) is 4.70. The summed E-state index contributed by atoms with van der Waals surface area (Å²) < 4.78 is 15.6. The molecule has 0 aliphatic heterocycles. The smallest absolute Gasteiger partial charge is 0.120 e. The van der Waals surface area contributed by atoms with E-state index in [1.165, 1.54) is 0 Å². The summed E-state index contributed by atoms with van der Waals surface area (Å²) in [5.74, 6) is 0.826. The van der Waals surface area contributed by atoms with Crippen molar-refractivity contribution in [3.8, 4) is 5.75 Å². The molecule has 0 saturated heterocycles. The van der Waals surface area contributed by atoms with Gasteiger partial charge in [0, 0.05) is 45.6 Å². The number of anilines is 1. The lowest BCUT2D eigenvalue weighted by atomic mass is 10.1. The second-order valence-electron chi connectivity index (χ2n) is 4.17. The molecule has 0 radical (unpaired) electrons. The summed E-state index contributed by atoms with van der Waals surface area (Å²) in [6.45, 7) is 3.39. The predicted molar refractivity (Wildman–Crippen MR) is 76.9 cm³/mol. The summed E-state index contributed by atoms with van der Waals surface area (Å²) in [5, 5.41) is 0. The fourth-order valence-corrected chi connectivity index (χ4v) is 1.89. The molecule has 0 unspecified atom stereocenters. The van der Waals surface area contributed by atoms with Gasteiger partial charge in [0.25, 0.3) is 0 Å². The van der Waals surface area contributed by atoms with Crippen LogP contribution in [0.3, 0.4) is 0 Å². The first-order chi connectivity index (χ1) is 9.26. The fraction of sp³-hybridized carbons (Fsp3) is 0.571. The van der Waals surface area contributed by atoms with E-state index in [0.717, 1.165) is 30.1 Å². The number of methoxy groups -OCH3 is 3. The van der Waals surface area contributed by atoms with Gasteiger partial charge in [0.15, 0.2) is 0 Å². The van der Waals surface area contributed by atoms with Crippen LogP contribution in [0, 0.1) is 0 Å². The van der Waals surface area contributed by atoms with Gasteiger partial charge in [0.05, 0.1) is 20.3 Å². The van der Waals surface area contributed by atoms with Gasteiger partial charge in [-0.15, -0.1) is 0 Å². The van der Waals surface area contributed by atoms with E-state index in [1.807, 2.05) is 18.2 Å². The second kappa shape index (κ2) is 8.74. The third-order valence-electron chi connectivity index (χ3n) is 2.98. The Balaban J connectivity index is 2.96. The highest BCUT2D eigenvalue weighted by Gasteiger charge is 2.11. The number of rotatable bonds is 9. The Labute approximate surface area is 115 Å². The molecule has 19 heavy (non-hydrogen) atoms. The van der Waals surface area contributed by atoms with Gasteiger partial charge in [-0.05, 0) is 11.6 Å². The van der Waals surface area contributed by atoms with Crippen LogP contribution >= 0.6 is 0 Å². The minimum absolute atomic E-state index is 0.496. The van der Waals surface area contributed by atoms with E-state index in [4.69, 9.17) is 19.9 Å². The normalized spacial score (nSPS) is 10.5. The van der Waals surface area contributed by atoms with Gasteiger partial charge in [-0.3, -0.25) is 0 Å². The maximum absolute atomic E-state index is 5.81. The summed E-state index contributed by atoms with van der Waals surface area (Å²) in [6.07, 6.45) is 0. The first kappa shape index (κ1) is 15.8. The van der Waals surface area contributed by atoms with Crippen molar-refractivity contribution in [2.24, 2.45) is 5.73 Å². The van der Waals surface area contributed by atoms with Gasteiger partial charge in [-0.1, -0.05) is 6.07 Å². The lowest BCUT2D eigenvalue weighted by molar-refractivity contribution is 0.190. The average Bonchev–Trinajstić information content (AvgIpc) is 2.47. The largest absolute Gasteiger partial charge is 0.497 e. The zero-order valence-corrected chi connectivity index (χ0v) is 12.0. The number of nitrogens with two attached hydrogens (primary N) is 1. The maximum Gasteiger partial charge on any atom is 0.120 e. The van der Waals surface area contributed by atoms with E-state index < -0.39 is 0 Å². The van der Waals surface area contributed by atoms with Crippen LogP contribution in [-0.4, -0.2) is 47.6 Å². The van der Waals surface area contributed by atoms with Crippen LogP contribution in [0.4, 0.5) is 5.69 Å². The molecule has 0 aromatic heterocycles. The average molecular weight is 268 g/mol. The lowest BCUT2D eigenvalue weighted by Gasteiger charge is -2.27. The van der Waals surface area contributed by atoms with Crippen molar-refractivity contribution in [3.05, 3.63) is 23.8 Å². The van der Waals surface area contributed by atoms with Crippen LogP contribution in [0.15, 0.2) is 18.2 Å². The third-order valence-corrected chi connectivity index (χ3v) is 2.98. The molecule has 1 aromatic rings. The Morgan fingerprint density at radius 2 is 1.68 bits per heavy atom. The minimum Gasteiger partial charge on any atom is -0.497 e. The van der Waals surface area contributed by atoms with Crippen LogP contribution in [0.25, 0.3) is 0 Å². The number of nitrogens with zero attached hydrogens (tertiary/aromatic N) is 1. The minimum atomic E-state index is 0.496. The molecule has 0 atom stereocenters. The SMILES string of the molecule is COCCN(CCOC)c1cc(OC)ccc1CN. The van der Waals surface area contributed by atoms with E-state index in [2.05, 4.69) is 4.90 Å². The first-order valence-corrected chi connectivity index (χ1v) is 6.36. The quantitative estimate of drug-likeness (QED) is 0.730. The molecule has 2 N–H and O–H groups in total. The van der Waals surface area contributed by atoms with Gasteiger partial charge in [-0.2, -0.15) is 0 Å². The molecule has 1 rings (SSSR count). The van der Waals surface area contributed by atoms with Crippen molar-refractivity contribution >= 4 is 5.69 Å². The van der Waals surface area contributed by atoms with Crippen molar-refractivity contribution in [1.29, 1.82) is 0 Å². The molecule has 1 aromatic carbocycles. The van der Waals surface area contributed by atoms with E-state index in [0.29, 0.717) is 19.8 Å². The molecule has 0 bridgehead atoms. The molecule has 0 saturated carbocycles. The van der Waals surface area contributed by atoms with Crippen LogP contribution in [0.5, 0.6) is 5.75 Å². The van der Waals surface area contributed by atoms with Crippen molar-refractivity contribution in [2.45, 2.75) is 6.54 Å². The molecule has 5 nitrogen and oxygen atoms in total. The van der Waals surface area contributed by atoms with Crippen LogP contribution in [0.2, 0.25) is 0 Å². The van der Waals surface area contributed by atoms with Gasteiger partial charge in [0.1, 0.15) is 5.75 Å². The summed E-state index contributed by atoms with van der Waals surface area (Å²) in [6, 6.07) is 5.94. The summed E-state index contributed by atoms with van der Waals surface area (Å²) in [4.78, 5) is 2.21. The van der Waals surface area contributed by atoms with E-state index >= 15 is 0 Å². The number of hydrogen-bond acceptors (Lipinski definition) is 5. The number of ether oxygens (including phenoxy) is 3. The van der Waals surface area contributed by atoms with Gasteiger partial charge >= 0.3 is 0 Å². The fourth-order valence-electron chi connectivity index (χ4n) is 1.89. The molecular weight excluding hydrogens is 244 g/mol. The Hall–Kier alpha value is -1.30. The van der Waals surface area contributed by atoms with E-state index in [9.17, 15) is 0 Å². The number of hydrogen-bond donors (Lipinski definition) is 1. The maximum atomic E-state index is 5.81. The zero-order chi connectivity index (χ0) is 14.1. The van der Waals surface area contributed by atoms with E-state index in [1.54, 1.807) is 21.3 Å². The molecule has 0 heterocycles. The molecule has 0 amide bonds. The monoisotopic (exact) mass is 268 g/mol. The Bertz CT molecular complexity index is 364.